The van der Waals surface area contributed by atoms with Crippen LogP contribution in [0.25, 0.3) is 11.1 Å². The molecule has 1 aliphatic rings. The molecule has 1 heterocycles. The van der Waals surface area contributed by atoms with Crippen molar-refractivity contribution < 1.29 is 22.6 Å². The Labute approximate surface area is 120 Å². The highest BCUT2D eigenvalue weighted by Crippen LogP contribution is 2.34. The second-order valence-corrected chi connectivity index (χ2v) is 4.74. The van der Waals surface area contributed by atoms with Crippen LogP contribution in [0.15, 0.2) is 36.4 Å². The standard InChI is InChI=1S/C16H13F3O2/c17-12-9-11(10-5-2-1-3-6-10)14(18)15(19)13(12)16-20-7-4-8-21-16/h1-3,5-6,9,16H,4,7-8H2. The molecule has 1 fully saturated rings. The average Bonchev–Trinajstić information content (AvgIpc) is 2.53. The molecule has 21 heavy (non-hydrogen) atoms. The van der Waals surface area contributed by atoms with E-state index in [0.717, 1.165) is 6.07 Å². The Hall–Kier alpha value is -1.85. The summed E-state index contributed by atoms with van der Waals surface area (Å²) in [6.07, 6.45) is -0.553. The van der Waals surface area contributed by atoms with Crippen LogP contribution in [-0.2, 0) is 9.47 Å². The van der Waals surface area contributed by atoms with Gasteiger partial charge in [0.15, 0.2) is 17.9 Å². The average molecular weight is 294 g/mol. The number of rotatable bonds is 2. The summed E-state index contributed by atoms with van der Waals surface area (Å²) >= 11 is 0. The van der Waals surface area contributed by atoms with Crippen LogP contribution in [0.2, 0.25) is 0 Å². The molecule has 0 aromatic heterocycles. The van der Waals surface area contributed by atoms with Crippen LogP contribution in [0.4, 0.5) is 13.2 Å². The number of hydrogen-bond donors (Lipinski definition) is 0. The minimum Gasteiger partial charge on any atom is -0.348 e. The van der Waals surface area contributed by atoms with E-state index in [9.17, 15) is 13.2 Å². The monoisotopic (exact) mass is 294 g/mol. The fraction of sp³-hybridized carbons (Fsp3) is 0.250. The fourth-order valence-corrected chi connectivity index (χ4v) is 2.31. The first kappa shape index (κ1) is 14.1. The Morgan fingerprint density at radius 1 is 0.905 bits per heavy atom. The van der Waals surface area contributed by atoms with Crippen molar-refractivity contribution in [2.75, 3.05) is 13.2 Å². The second-order valence-electron chi connectivity index (χ2n) is 4.74. The van der Waals surface area contributed by atoms with Crippen molar-refractivity contribution in [3.05, 3.63) is 59.4 Å². The fourth-order valence-electron chi connectivity index (χ4n) is 2.31. The Bertz CT molecular complexity index is 638. The van der Waals surface area contributed by atoms with Crippen molar-refractivity contribution in [2.24, 2.45) is 0 Å². The lowest BCUT2D eigenvalue weighted by Crippen LogP contribution is -2.20. The van der Waals surface area contributed by atoms with Crippen LogP contribution in [-0.4, -0.2) is 13.2 Å². The van der Waals surface area contributed by atoms with Crippen LogP contribution < -0.4 is 0 Å². The summed E-state index contributed by atoms with van der Waals surface area (Å²) in [5, 5.41) is 0. The van der Waals surface area contributed by atoms with Crippen molar-refractivity contribution in [1.29, 1.82) is 0 Å². The topological polar surface area (TPSA) is 18.5 Å². The van der Waals surface area contributed by atoms with Crippen molar-refractivity contribution in [1.82, 2.24) is 0 Å². The molecule has 2 aromatic carbocycles. The predicted octanol–water partition coefficient (Wildman–Crippen LogP) is 4.21. The molecule has 0 saturated carbocycles. The first-order valence-corrected chi connectivity index (χ1v) is 6.64. The van der Waals surface area contributed by atoms with E-state index in [1.807, 2.05) is 0 Å². The number of benzene rings is 2. The highest BCUT2D eigenvalue weighted by Gasteiger charge is 2.28. The molecule has 0 radical (unpaired) electrons. The molecule has 5 heteroatoms. The van der Waals surface area contributed by atoms with Gasteiger partial charge in [0.25, 0.3) is 0 Å². The quantitative estimate of drug-likeness (QED) is 0.773. The van der Waals surface area contributed by atoms with Crippen molar-refractivity contribution in [3.8, 4) is 11.1 Å². The summed E-state index contributed by atoms with van der Waals surface area (Å²) in [4.78, 5) is 0. The van der Waals surface area contributed by atoms with Crippen molar-refractivity contribution >= 4 is 0 Å². The van der Waals surface area contributed by atoms with E-state index in [1.54, 1.807) is 30.3 Å². The van der Waals surface area contributed by atoms with Gasteiger partial charge in [-0.15, -0.1) is 0 Å². The maximum absolute atomic E-state index is 14.2. The van der Waals surface area contributed by atoms with Gasteiger partial charge in [0, 0.05) is 5.56 Å². The van der Waals surface area contributed by atoms with Crippen LogP contribution in [0.5, 0.6) is 0 Å². The first-order valence-electron chi connectivity index (χ1n) is 6.64. The Balaban J connectivity index is 2.07. The maximum Gasteiger partial charge on any atom is 0.189 e. The molecule has 0 spiro atoms. The van der Waals surface area contributed by atoms with Gasteiger partial charge >= 0.3 is 0 Å². The van der Waals surface area contributed by atoms with Crippen LogP contribution in [0.1, 0.15) is 18.3 Å². The summed E-state index contributed by atoms with van der Waals surface area (Å²) in [6, 6.07) is 9.24. The Kier molecular flexibility index (Phi) is 3.94. The minimum absolute atomic E-state index is 0.120. The van der Waals surface area contributed by atoms with E-state index in [-0.39, 0.29) is 5.56 Å². The molecular weight excluding hydrogens is 281 g/mol. The van der Waals surface area contributed by atoms with E-state index >= 15 is 0 Å². The molecule has 1 aliphatic heterocycles. The normalized spacial score (nSPS) is 16.1. The molecule has 0 aliphatic carbocycles. The molecule has 2 aromatic rings. The number of ether oxygens (including phenoxy) is 2. The lowest BCUT2D eigenvalue weighted by molar-refractivity contribution is -0.185. The lowest BCUT2D eigenvalue weighted by atomic mass is 10.0. The Morgan fingerprint density at radius 3 is 2.24 bits per heavy atom. The van der Waals surface area contributed by atoms with E-state index in [2.05, 4.69) is 0 Å². The molecule has 0 unspecified atom stereocenters. The summed E-state index contributed by atoms with van der Waals surface area (Å²) in [5.74, 6) is -3.24. The van der Waals surface area contributed by atoms with Gasteiger partial charge in [0.05, 0.1) is 18.8 Å². The molecule has 1 saturated heterocycles. The van der Waals surface area contributed by atoms with Gasteiger partial charge in [-0.1, -0.05) is 30.3 Å². The van der Waals surface area contributed by atoms with Crippen LogP contribution >= 0.6 is 0 Å². The van der Waals surface area contributed by atoms with Crippen LogP contribution in [0.3, 0.4) is 0 Å². The van der Waals surface area contributed by atoms with Gasteiger partial charge in [-0.25, -0.2) is 13.2 Å². The molecule has 110 valence electrons. The SMILES string of the molecule is Fc1cc(-c2ccccc2)c(F)c(F)c1C1OCCCO1. The van der Waals surface area contributed by atoms with E-state index < -0.39 is 29.3 Å². The van der Waals surface area contributed by atoms with Crippen molar-refractivity contribution in [3.63, 3.8) is 0 Å². The Morgan fingerprint density at radius 2 is 1.57 bits per heavy atom. The summed E-state index contributed by atoms with van der Waals surface area (Å²) in [5.41, 5.74) is -0.220. The van der Waals surface area contributed by atoms with Gasteiger partial charge in [-0.05, 0) is 18.1 Å². The largest absolute Gasteiger partial charge is 0.348 e. The van der Waals surface area contributed by atoms with E-state index in [1.165, 1.54) is 0 Å². The second kappa shape index (κ2) is 5.87. The van der Waals surface area contributed by atoms with Gasteiger partial charge in [0.1, 0.15) is 5.82 Å². The summed E-state index contributed by atoms with van der Waals surface area (Å²) < 4.78 is 53.0. The lowest BCUT2D eigenvalue weighted by Gasteiger charge is -2.24. The van der Waals surface area contributed by atoms with Gasteiger partial charge in [-0.2, -0.15) is 0 Å². The zero-order chi connectivity index (χ0) is 14.8. The number of hydrogen-bond acceptors (Lipinski definition) is 2. The molecular formula is C16H13F3O2. The highest BCUT2D eigenvalue weighted by atomic mass is 19.2. The zero-order valence-electron chi connectivity index (χ0n) is 11.1. The summed E-state index contributed by atoms with van der Waals surface area (Å²) in [7, 11) is 0. The zero-order valence-corrected chi connectivity index (χ0v) is 11.1. The molecule has 0 amide bonds. The minimum atomic E-state index is -1.26. The van der Waals surface area contributed by atoms with Crippen molar-refractivity contribution in [2.45, 2.75) is 12.7 Å². The van der Waals surface area contributed by atoms with E-state index in [0.29, 0.717) is 25.2 Å². The first-order chi connectivity index (χ1) is 10.2. The van der Waals surface area contributed by atoms with Crippen LogP contribution in [0, 0.1) is 17.5 Å². The van der Waals surface area contributed by atoms with E-state index in [4.69, 9.17) is 9.47 Å². The molecule has 3 rings (SSSR count). The maximum atomic E-state index is 14.2. The predicted molar refractivity (Wildman–Crippen MR) is 71.0 cm³/mol. The molecule has 0 bridgehead atoms. The summed E-state index contributed by atoms with van der Waals surface area (Å²) in [6.45, 7) is 0.650. The molecule has 0 N–H and O–H groups in total. The third-order valence-corrected chi connectivity index (χ3v) is 3.34. The molecule has 0 atom stereocenters. The third kappa shape index (κ3) is 2.66. The molecule has 2 nitrogen and oxygen atoms in total. The number of halogens is 3. The van der Waals surface area contributed by atoms with Gasteiger partial charge in [-0.3, -0.25) is 0 Å². The van der Waals surface area contributed by atoms with Gasteiger partial charge < -0.3 is 9.47 Å². The smallest absolute Gasteiger partial charge is 0.189 e. The van der Waals surface area contributed by atoms with Gasteiger partial charge in [0.2, 0.25) is 0 Å². The highest BCUT2D eigenvalue weighted by molar-refractivity contribution is 5.64. The third-order valence-electron chi connectivity index (χ3n) is 3.34.